The van der Waals surface area contributed by atoms with Crippen molar-refractivity contribution in [1.29, 1.82) is 0 Å². The molecule has 334 valence electrons. The molecule has 5 saturated carbocycles. The quantitative estimate of drug-likeness (QED) is 0.0844. The summed E-state index contributed by atoms with van der Waals surface area (Å²) in [4.78, 5) is 23.7. The van der Waals surface area contributed by atoms with Gasteiger partial charge < -0.3 is 41.6 Å². The van der Waals surface area contributed by atoms with Crippen molar-refractivity contribution in [3.8, 4) is 0 Å². The molecule has 9 aliphatic rings. The van der Waals surface area contributed by atoms with Crippen LogP contribution in [0.5, 0.6) is 0 Å². The van der Waals surface area contributed by atoms with Crippen molar-refractivity contribution >= 4 is 33.3 Å². The topological polar surface area (TPSA) is 200 Å². The average molecular weight is 876 g/mol. The molecule has 6 fully saturated rings. The van der Waals surface area contributed by atoms with Crippen LogP contribution in [0.25, 0.3) is 0 Å². The van der Waals surface area contributed by atoms with Crippen LogP contribution in [-0.2, 0) is 4.79 Å². The van der Waals surface area contributed by atoms with E-state index in [0.717, 1.165) is 44.3 Å². The smallest absolute Gasteiger partial charge is 0.185 e. The number of hydrogen-bond acceptors (Lipinski definition) is 10. The number of allylic oxidation sites excluding steroid dienone is 3. The fraction of sp³-hybridized carbons (Fsp3) is 0.771. The summed E-state index contributed by atoms with van der Waals surface area (Å²) in [5.74, 6) is 0.0685. The highest BCUT2D eigenvalue weighted by molar-refractivity contribution is 8.76. The SMILES string of the molecule is CC1(C)C[C@H](n2ccnc2)CSSC[C@H]2C[C@H]([C@@H]3C[C@@H]4CCCC5=C4[C@H](C1=C1CCCC[C@@H]51)[C@H]3O)[C@@]1(CO)C[C@H](CN=C(N)N)[C@H]3C(=CC(=O)[C@@H]4C[C@@H](O)[C@@H](O)C[C@]34C)[C@]21O. The van der Waals surface area contributed by atoms with E-state index in [-0.39, 0.29) is 84.7 Å². The molecule has 0 spiro atoms. The van der Waals surface area contributed by atoms with E-state index in [1.165, 1.54) is 30.4 Å². The summed E-state index contributed by atoms with van der Waals surface area (Å²) in [5, 5.41) is 62.2. The largest absolute Gasteiger partial charge is 0.396 e. The van der Waals surface area contributed by atoms with E-state index in [1.807, 2.05) is 23.3 Å². The Morgan fingerprint density at radius 1 is 0.967 bits per heavy atom. The number of aliphatic hydroxyl groups excluding tert-OH is 4. The Kier molecular flexibility index (Phi) is 10.9. The Labute approximate surface area is 369 Å². The van der Waals surface area contributed by atoms with Crippen molar-refractivity contribution in [2.24, 2.45) is 86.0 Å². The molecule has 1 saturated heterocycles. The first-order valence-electron chi connectivity index (χ1n) is 23.5. The highest BCUT2D eigenvalue weighted by Crippen LogP contribution is 2.73. The van der Waals surface area contributed by atoms with Gasteiger partial charge in [-0.2, -0.15) is 0 Å². The molecule has 1 aromatic rings. The van der Waals surface area contributed by atoms with E-state index in [0.29, 0.717) is 36.0 Å². The molecule has 1 aliphatic heterocycles. The van der Waals surface area contributed by atoms with Crippen molar-refractivity contribution in [1.82, 2.24) is 9.55 Å². The van der Waals surface area contributed by atoms with Crippen LogP contribution in [0.2, 0.25) is 0 Å². The second kappa shape index (κ2) is 15.5. The zero-order chi connectivity index (χ0) is 42.8. The second-order valence-electron chi connectivity index (χ2n) is 22.0. The van der Waals surface area contributed by atoms with Gasteiger partial charge in [-0.25, -0.2) is 4.98 Å². The van der Waals surface area contributed by atoms with Gasteiger partial charge in [-0.15, -0.1) is 0 Å². The number of guanidine groups is 1. The Morgan fingerprint density at radius 3 is 2.51 bits per heavy atom. The molecule has 0 amide bonds. The lowest BCUT2D eigenvalue weighted by Crippen LogP contribution is -2.67. The summed E-state index contributed by atoms with van der Waals surface area (Å²) >= 11 is 0. The van der Waals surface area contributed by atoms with Crippen molar-refractivity contribution in [3.63, 3.8) is 0 Å². The Balaban J connectivity index is 1.17. The molecule has 11 nitrogen and oxygen atoms in total. The number of aliphatic hydroxyl groups is 5. The number of nitrogens with two attached hydrogens (primary N) is 2. The van der Waals surface area contributed by atoms with Crippen molar-refractivity contribution in [2.75, 3.05) is 24.7 Å². The summed E-state index contributed by atoms with van der Waals surface area (Å²) in [7, 11) is 3.61. The maximum absolute atomic E-state index is 14.5. The van der Waals surface area contributed by atoms with Crippen LogP contribution in [-0.4, -0.2) is 95.4 Å². The number of hydrogen-bond donors (Lipinski definition) is 7. The first-order chi connectivity index (χ1) is 29.1. The minimum atomic E-state index is -1.57. The van der Waals surface area contributed by atoms with Gasteiger partial charge >= 0.3 is 0 Å². The number of fused-ring (bicyclic) bond motifs is 13. The Bertz CT molecular complexity index is 2030. The first-order valence-corrected chi connectivity index (χ1v) is 26.0. The molecule has 8 aliphatic carbocycles. The van der Waals surface area contributed by atoms with Crippen molar-refractivity contribution in [3.05, 3.63) is 52.7 Å². The maximum atomic E-state index is 14.5. The molecule has 13 heteroatoms. The Hall–Kier alpha value is -2.13. The van der Waals surface area contributed by atoms with Crippen LogP contribution in [0.1, 0.15) is 110 Å². The number of ketones is 1. The number of rotatable bonds is 4. The van der Waals surface area contributed by atoms with Gasteiger partial charge in [0.25, 0.3) is 0 Å². The zero-order valence-corrected chi connectivity index (χ0v) is 37.9. The molecule has 61 heavy (non-hydrogen) atoms. The van der Waals surface area contributed by atoms with Crippen LogP contribution in [0.3, 0.4) is 0 Å². The fourth-order valence-corrected chi connectivity index (χ4v) is 19.3. The number of imidazole rings is 1. The minimum Gasteiger partial charge on any atom is -0.396 e. The molecular formula is C48H69N5O6S2. The molecule has 16 atom stereocenters. The van der Waals surface area contributed by atoms with Crippen molar-refractivity contribution < 1.29 is 30.3 Å². The van der Waals surface area contributed by atoms with E-state index in [2.05, 4.69) is 41.5 Å². The molecule has 10 rings (SSSR count). The highest BCUT2D eigenvalue weighted by Gasteiger charge is 2.74. The molecule has 1 aromatic heterocycles. The van der Waals surface area contributed by atoms with Crippen molar-refractivity contribution in [2.45, 2.75) is 134 Å². The van der Waals surface area contributed by atoms with Crippen LogP contribution < -0.4 is 11.5 Å². The molecule has 0 radical (unpaired) electrons. The molecule has 4 bridgehead atoms. The first kappa shape index (κ1) is 42.8. The zero-order valence-electron chi connectivity index (χ0n) is 36.3. The second-order valence-corrected chi connectivity index (χ2v) is 24.5. The molecular weight excluding hydrogens is 807 g/mol. The van der Waals surface area contributed by atoms with Gasteiger partial charge in [0.1, 0.15) is 0 Å². The number of carbonyl (C=O) groups is 1. The number of nitrogens with zero attached hydrogens (tertiary/aromatic N) is 3. The maximum Gasteiger partial charge on any atom is 0.185 e. The van der Waals surface area contributed by atoms with Crippen LogP contribution in [0.4, 0.5) is 0 Å². The van der Waals surface area contributed by atoms with E-state index in [9.17, 15) is 30.3 Å². The van der Waals surface area contributed by atoms with E-state index < -0.39 is 40.7 Å². The molecule has 0 unspecified atom stereocenters. The van der Waals surface area contributed by atoms with Gasteiger partial charge in [-0.1, -0.05) is 71.1 Å². The van der Waals surface area contributed by atoms with Crippen LogP contribution in [0, 0.1) is 69.5 Å². The standard InChI is InChI=1S/C48H69N5O6S2/c1-45(2)18-28(53-12-11-51-24-53)22-61-60-21-27-14-33(32-13-25-7-6-10-30-29-8-4-5-9-31(29)42(45)40(39(25)30)43(32)58)47(23-54)17-26(20-52-44(49)50)41-35(48(27,47)59)16-36(55)34-15-37(56)38(57)19-46(34,41)3/h11-12,16,24-29,32-34,37-38,40-41,43,54,56-59H,4-10,13-15,17-23H2,1-3H3,(H4,49,50,52)/t25-,26+,27+,28-,29-,32-,33+,34-,37+,38-,40+,41-,43-,46-,47-,48+/m0/s1. The van der Waals surface area contributed by atoms with Gasteiger partial charge in [0.2, 0.25) is 0 Å². The number of aromatic nitrogens is 2. The van der Waals surface area contributed by atoms with Crippen LogP contribution >= 0.6 is 21.6 Å². The lowest BCUT2D eigenvalue weighted by molar-refractivity contribution is -0.185. The summed E-state index contributed by atoms with van der Waals surface area (Å²) in [6.45, 7) is 6.87. The average Bonchev–Trinajstić information content (AvgIpc) is 3.85. The van der Waals surface area contributed by atoms with Crippen LogP contribution in [0.15, 0.2) is 57.7 Å². The number of aliphatic imine (C=N–C) groups is 1. The normalized spacial score (nSPS) is 46.7. The number of carbonyl (C=O) groups excluding carboxylic acids is 1. The van der Waals surface area contributed by atoms with E-state index in [4.69, 9.17) is 11.5 Å². The lowest BCUT2D eigenvalue weighted by atomic mass is 9.41. The highest BCUT2D eigenvalue weighted by atomic mass is 33.1. The third-order valence-corrected chi connectivity index (χ3v) is 21.2. The summed E-state index contributed by atoms with van der Waals surface area (Å²) in [6.07, 6.45) is 16.1. The van der Waals surface area contributed by atoms with Gasteiger partial charge in [0.05, 0.1) is 36.8 Å². The fourth-order valence-electron chi connectivity index (χ4n) is 16.6. The van der Waals surface area contributed by atoms with Gasteiger partial charge in [-0.3, -0.25) is 9.79 Å². The molecule has 9 N–H and O–H groups in total. The predicted octanol–water partition coefficient (Wildman–Crippen LogP) is 5.73. The van der Waals surface area contributed by atoms with Gasteiger partial charge in [0, 0.05) is 65.6 Å². The van der Waals surface area contributed by atoms with E-state index in [1.54, 1.807) is 28.0 Å². The summed E-state index contributed by atoms with van der Waals surface area (Å²) < 4.78 is 2.27. The summed E-state index contributed by atoms with van der Waals surface area (Å²) in [6, 6.07) is 0.164. The summed E-state index contributed by atoms with van der Waals surface area (Å²) in [5.41, 5.74) is 15.3. The molecule has 2 heterocycles. The van der Waals surface area contributed by atoms with Gasteiger partial charge in [0.15, 0.2) is 11.7 Å². The van der Waals surface area contributed by atoms with E-state index >= 15 is 0 Å². The lowest BCUT2D eigenvalue weighted by Gasteiger charge is -2.64. The van der Waals surface area contributed by atoms with Gasteiger partial charge in [-0.05, 0) is 129 Å². The Morgan fingerprint density at radius 2 is 1.75 bits per heavy atom. The third kappa shape index (κ3) is 6.33. The molecule has 0 aromatic carbocycles. The minimum absolute atomic E-state index is 0.0393. The predicted molar refractivity (Wildman–Crippen MR) is 240 cm³/mol. The monoisotopic (exact) mass is 875 g/mol. The third-order valence-electron chi connectivity index (χ3n) is 18.7.